The SMILES string of the molecule is CSCCCCNC1CCCC1C1CCCN1. The number of rotatable bonds is 7. The fourth-order valence-corrected chi connectivity index (χ4v) is 3.95. The average molecular weight is 256 g/mol. The summed E-state index contributed by atoms with van der Waals surface area (Å²) in [5.41, 5.74) is 0. The molecule has 1 aliphatic heterocycles. The molecule has 1 saturated carbocycles. The summed E-state index contributed by atoms with van der Waals surface area (Å²) in [6, 6.07) is 1.63. The lowest BCUT2D eigenvalue weighted by Gasteiger charge is -2.26. The van der Waals surface area contributed by atoms with E-state index in [2.05, 4.69) is 16.9 Å². The van der Waals surface area contributed by atoms with Crippen LogP contribution >= 0.6 is 11.8 Å². The summed E-state index contributed by atoms with van der Waals surface area (Å²) >= 11 is 1.97. The average Bonchev–Trinajstić information content (AvgIpc) is 2.98. The van der Waals surface area contributed by atoms with Crippen LogP contribution < -0.4 is 10.6 Å². The maximum absolute atomic E-state index is 3.82. The first kappa shape index (κ1) is 13.7. The van der Waals surface area contributed by atoms with Gasteiger partial charge in [0.2, 0.25) is 0 Å². The first-order chi connectivity index (χ1) is 8.42. The van der Waals surface area contributed by atoms with E-state index in [1.54, 1.807) is 0 Å². The van der Waals surface area contributed by atoms with Gasteiger partial charge in [-0.2, -0.15) is 11.8 Å². The molecule has 0 spiro atoms. The number of unbranched alkanes of at least 4 members (excludes halogenated alkanes) is 1. The molecule has 2 fully saturated rings. The zero-order valence-electron chi connectivity index (χ0n) is 11.2. The van der Waals surface area contributed by atoms with Crippen molar-refractivity contribution in [3.63, 3.8) is 0 Å². The van der Waals surface area contributed by atoms with Crippen molar-refractivity contribution in [1.29, 1.82) is 0 Å². The van der Waals surface area contributed by atoms with Crippen molar-refractivity contribution in [1.82, 2.24) is 10.6 Å². The number of hydrogen-bond acceptors (Lipinski definition) is 3. The third kappa shape index (κ3) is 4.15. The molecule has 0 radical (unpaired) electrons. The number of hydrogen-bond donors (Lipinski definition) is 2. The Bertz CT molecular complexity index is 204. The van der Waals surface area contributed by atoms with Crippen LogP contribution in [0.3, 0.4) is 0 Å². The first-order valence-electron chi connectivity index (χ1n) is 7.37. The summed E-state index contributed by atoms with van der Waals surface area (Å²) < 4.78 is 0. The van der Waals surface area contributed by atoms with Crippen molar-refractivity contribution in [2.75, 3.05) is 25.1 Å². The monoisotopic (exact) mass is 256 g/mol. The van der Waals surface area contributed by atoms with Crippen molar-refractivity contribution >= 4 is 11.8 Å². The predicted octanol–water partition coefficient (Wildman–Crippen LogP) is 2.64. The molecule has 2 N–H and O–H groups in total. The molecule has 2 rings (SSSR count). The van der Waals surface area contributed by atoms with E-state index in [-0.39, 0.29) is 0 Å². The van der Waals surface area contributed by atoms with Crippen LogP contribution in [0.2, 0.25) is 0 Å². The molecule has 0 aromatic heterocycles. The molecule has 3 unspecified atom stereocenters. The van der Waals surface area contributed by atoms with Crippen LogP contribution in [0.4, 0.5) is 0 Å². The maximum Gasteiger partial charge on any atom is 0.0111 e. The normalized spacial score (nSPS) is 33.4. The van der Waals surface area contributed by atoms with Gasteiger partial charge >= 0.3 is 0 Å². The summed E-state index contributed by atoms with van der Waals surface area (Å²) in [6.45, 7) is 2.48. The fraction of sp³-hybridized carbons (Fsp3) is 1.00. The highest BCUT2D eigenvalue weighted by Gasteiger charge is 2.34. The Kier molecular flexibility index (Phi) is 6.16. The molecule has 1 heterocycles. The van der Waals surface area contributed by atoms with Gasteiger partial charge in [-0.3, -0.25) is 0 Å². The van der Waals surface area contributed by atoms with Gasteiger partial charge in [-0.05, 0) is 69.5 Å². The summed E-state index contributed by atoms with van der Waals surface area (Å²) in [7, 11) is 0. The van der Waals surface area contributed by atoms with E-state index in [9.17, 15) is 0 Å². The van der Waals surface area contributed by atoms with Gasteiger partial charge in [-0.25, -0.2) is 0 Å². The Morgan fingerprint density at radius 3 is 2.88 bits per heavy atom. The Labute approximate surface area is 111 Å². The van der Waals surface area contributed by atoms with Gasteiger partial charge in [-0.15, -0.1) is 0 Å². The van der Waals surface area contributed by atoms with Crippen LogP contribution in [0.1, 0.15) is 44.9 Å². The molecule has 0 aromatic carbocycles. The van der Waals surface area contributed by atoms with Gasteiger partial charge in [0.15, 0.2) is 0 Å². The molecule has 0 amide bonds. The fourth-order valence-electron chi connectivity index (χ4n) is 3.46. The van der Waals surface area contributed by atoms with E-state index >= 15 is 0 Å². The van der Waals surface area contributed by atoms with Crippen molar-refractivity contribution in [3.05, 3.63) is 0 Å². The molecule has 0 bridgehead atoms. The standard InChI is InChI=1S/C14H28N2S/c1-17-11-3-2-9-15-13-7-4-6-12(13)14-8-5-10-16-14/h12-16H,2-11H2,1H3. The highest BCUT2D eigenvalue weighted by atomic mass is 32.2. The highest BCUT2D eigenvalue weighted by molar-refractivity contribution is 7.98. The van der Waals surface area contributed by atoms with Gasteiger partial charge in [0.25, 0.3) is 0 Å². The van der Waals surface area contributed by atoms with Crippen molar-refractivity contribution in [2.45, 2.75) is 57.0 Å². The molecule has 1 aliphatic carbocycles. The third-order valence-electron chi connectivity index (χ3n) is 4.37. The molecular weight excluding hydrogens is 228 g/mol. The van der Waals surface area contributed by atoms with E-state index in [1.807, 2.05) is 11.8 Å². The van der Waals surface area contributed by atoms with Gasteiger partial charge in [-0.1, -0.05) is 6.42 Å². The molecule has 17 heavy (non-hydrogen) atoms. The molecular formula is C14H28N2S. The Hall–Kier alpha value is 0.270. The summed E-state index contributed by atoms with van der Waals surface area (Å²) in [5.74, 6) is 2.23. The van der Waals surface area contributed by atoms with E-state index in [1.165, 1.54) is 63.8 Å². The lowest BCUT2D eigenvalue weighted by Crippen LogP contribution is -2.42. The minimum Gasteiger partial charge on any atom is -0.314 e. The Morgan fingerprint density at radius 2 is 2.12 bits per heavy atom. The van der Waals surface area contributed by atoms with Crippen LogP contribution in [0.5, 0.6) is 0 Å². The lowest BCUT2D eigenvalue weighted by molar-refractivity contribution is 0.320. The second-order valence-corrected chi connectivity index (χ2v) is 6.54. The van der Waals surface area contributed by atoms with Gasteiger partial charge in [0.1, 0.15) is 0 Å². The van der Waals surface area contributed by atoms with Gasteiger partial charge < -0.3 is 10.6 Å². The first-order valence-corrected chi connectivity index (χ1v) is 8.77. The minimum absolute atomic E-state index is 0.805. The van der Waals surface area contributed by atoms with Crippen molar-refractivity contribution in [3.8, 4) is 0 Å². The second kappa shape index (κ2) is 7.65. The van der Waals surface area contributed by atoms with Crippen LogP contribution in [0, 0.1) is 5.92 Å². The van der Waals surface area contributed by atoms with Gasteiger partial charge in [0, 0.05) is 12.1 Å². The van der Waals surface area contributed by atoms with E-state index in [4.69, 9.17) is 0 Å². The van der Waals surface area contributed by atoms with Crippen molar-refractivity contribution < 1.29 is 0 Å². The largest absolute Gasteiger partial charge is 0.314 e. The maximum atomic E-state index is 3.82. The predicted molar refractivity (Wildman–Crippen MR) is 77.8 cm³/mol. The lowest BCUT2D eigenvalue weighted by atomic mass is 9.93. The summed E-state index contributed by atoms with van der Waals surface area (Å²) in [4.78, 5) is 0. The molecule has 1 saturated heterocycles. The van der Waals surface area contributed by atoms with E-state index < -0.39 is 0 Å². The van der Waals surface area contributed by atoms with E-state index in [0.29, 0.717) is 0 Å². The Morgan fingerprint density at radius 1 is 1.18 bits per heavy atom. The molecule has 3 atom stereocenters. The number of thioether (sulfide) groups is 1. The quantitative estimate of drug-likeness (QED) is 0.685. The minimum atomic E-state index is 0.805. The van der Waals surface area contributed by atoms with Crippen LogP contribution in [-0.2, 0) is 0 Å². The molecule has 2 aliphatic rings. The molecule has 2 nitrogen and oxygen atoms in total. The summed E-state index contributed by atoms with van der Waals surface area (Å²) in [6.07, 6.45) is 12.0. The zero-order valence-corrected chi connectivity index (χ0v) is 12.0. The molecule has 3 heteroatoms. The molecule has 0 aromatic rings. The zero-order chi connectivity index (χ0) is 11.9. The topological polar surface area (TPSA) is 24.1 Å². The van der Waals surface area contributed by atoms with Crippen molar-refractivity contribution in [2.24, 2.45) is 5.92 Å². The highest BCUT2D eigenvalue weighted by Crippen LogP contribution is 2.31. The van der Waals surface area contributed by atoms with E-state index in [0.717, 1.165) is 18.0 Å². The Balaban J connectivity index is 1.64. The molecule has 100 valence electrons. The van der Waals surface area contributed by atoms with Crippen LogP contribution in [0.25, 0.3) is 0 Å². The third-order valence-corrected chi connectivity index (χ3v) is 5.06. The summed E-state index contributed by atoms with van der Waals surface area (Å²) in [5, 5.41) is 7.51. The second-order valence-electron chi connectivity index (χ2n) is 5.56. The number of nitrogens with one attached hydrogen (secondary N) is 2. The van der Waals surface area contributed by atoms with Crippen LogP contribution in [0.15, 0.2) is 0 Å². The smallest absolute Gasteiger partial charge is 0.0111 e. The van der Waals surface area contributed by atoms with Crippen LogP contribution in [-0.4, -0.2) is 37.2 Å². The van der Waals surface area contributed by atoms with Gasteiger partial charge in [0.05, 0.1) is 0 Å².